The molecule has 0 saturated heterocycles. The minimum atomic E-state index is -4.49. The van der Waals surface area contributed by atoms with Gasteiger partial charge in [0.2, 0.25) is 0 Å². The normalized spacial score (nSPS) is 11.0. The summed E-state index contributed by atoms with van der Waals surface area (Å²) in [5, 5.41) is 24.3. The number of nitrogens with zero attached hydrogens (tertiary/aromatic N) is 1. The number of benzene rings is 3. The average Bonchev–Trinajstić information content (AvgIpc) is 2.61. The van der Waals surface area contributed by atoms with Gasteiger partial charge in [0.05, 0.1) is 9.82 Å². The first-order chi connectivity index (χ1) is 13.1. The molecule has 0 radical (unpaired) electrons. The molecule has 0 aliphatic carbocycles. The molecule has 0 aliphatic heterocycles. The summed E-state index contributed by atoms with van der Waals surface area (Å²) in [6, 6.07) is 10.5. The molecule has 146 valence electrons. The van der Waals surface area contributed by atoms with Gasteiger partial charge in [-0.2, -0.15) is 8.42 Å². The Hall–Kier alpha value is -2.50. The average molecular weight is 426 g/mol. The Balaban J connectivity index is 0.00000225. The maximum Gasteiger partial charge on any atom is 1.00 e. The molecule has 0 unspecified atom stereocenters. The van der Waals surface area contributed by atoms with Crippen LogP contribution in [-0.2, 0) is 10.1 Å². The number of nitro benzene ring substituents is 1. The summed E-state index contributed by atoms with van der Waals surface area (Å²) >= 11 is 0. The predicted octanol–water partition coefficient (Wildman–Crippen LogP) is 0.378. The van der Waals surface area contributed by atoms with E-state index in [1.165, 1.54) is 36.4 Å². The Morgan fingerprint density at radius 1 is 1.14 bits per heavy atom. The van der Waals surface area contributed by atoms with Crippen LogP contribution in [0.15, 0.2) is 53.4 Å². The number of hydrogen-bond acceptors (Lipinski definition) is 6. The number of carbonyl (C=O) groups excluding carboxylic acids is 1. The summed E-state index contributed by atoms with van der Waals surface area (Å²) < 4.78 is 31.6. The van der Waals surface area contributed by atoms with Crippen LogP contribution < -0.4 is 34.9 Å². The first kappa shape index (κ1) is 22.8. The molecular weight excluding hydrogens is 411 g/mol. The van der Waals surface area contributed by atoms with Crippen molar-refractivity contribution in [3.8, 4) is 5.75 Å². The van der Waals surface area contributed by atoms with Gasteiger partial charge in [-0.25, -0.2) is 0 Å². The summed E-state index contributed by atoms with van der Waals surface area (Å²) in [6.45, 7) is 1.67. The number of nitro groups is 1. The van der Waals surface area contributed by atoms with Crippen LogP contribution >= 0.6 is 0 Å². The minimum absolute atomic E-state index is 0. The standard InChI is InChI=1S/C18H14N2O7S.Na.H/c1-10-2-5-14(16(6-10)20(23)24)18(22)19-12-4-3-11-7-13(28(25,26)27)9-17(21)15(11)8-12;;/h2-9,21H,1H3,(H,19,22)(H,25,26,27);;/q;+1;-1. The molecule has 0 fully saturated rings. The van der Waals surface area contributed by atoms with Crippen LogP contribution in [0.4, 0.5) is 11.4 Å². The van der Waals surface area contributed by atoms with Crippen molar-refractivity contribution in [3.05, 3.63) is 69.8 Å². The van der Waals surface area contributed by atoms with E-state index in [-0.39, 0.29) is 53.3 Å². The van der Waals surface area contributed by atoms with Gasteiger partial charge in [-0.15, -0.1) is 0 Å². The topological polar surface area (TPSA) is 147 Å². The van der Waals surface area contributed by atoms with Crippen LogP contribution in [0, 0.1) is 17.0 Å². The molecular formula is C18H15N2NaO7S. The molecule has 0 saturated carbocycles. The van der Waals surface area contributed by atoms with Crippen molar-refractivity contribution in [1.29, 1.82) is 0 Å². The van der Waals surface area contributed by atoms with E-state index in [1.807, 2.05) is 0 Å². The zero-order valence-electron chi connectivity index (χ0n) is 16.4. The van der Waals surface area contributed by atoms with Crippen LogP contribution in [0.1, 0.15) is 17.3 Å². The number of carbonyl (C=O) groups is 1. The molecule has 11 heteroatoms. The summed E-state index contributed by atoms with van der Waals surface area (Å²) in [4.78, 5) is 22.5. The van der Waals surface area contributed by atoms with Crippen LogP contribution in [0.3, 0.4) is 0 Å². The number of amides is 1. The Kier molecular flexibility index (Phi) is 6.66. The van der Waals surface area contributed by atoms with Gasteiger partial charge in [0.1, 0.15) is 11.3 Å². The second-order valence-corrected chi connectivity index (χ2v) is 7.51. The molecule has 9 nitrogen and oxygen atoms in total. The van der Waals surface area contributed by atoms with Crippen LogP contribution in [0.5, 0.6) is 5.75 Å². The molecule has 0 atom stereocenters. The van der Waals surface area contributed by atoms with Gasteiger partial charge in [-0.3, -0.25) is 19.5 Å². The van der Waals surface area contributed by atoms with E-state index >= 15 is 0 Å². The van der Waals surface area contributed by atoms with E-state index in [1.54, 1.807) is 13.0 Å². The van der Waals surface area contributed by atoms with Crippen molar-refractivity contribution in [1.82, 2.24) is 0 Å². The summed E-state index contributed by atoms with van der Waals surface area (Å²) in [5.41, 5.74) is 0.413. The van der Waals surface area contributed by atoms with Crippen LogP contribution in [0.2, 0.25) is 0 Å². The maximum absolute atomic E-state index is 12.5. The fourth-order valence-electron chi connectivity index (χ4n) is 2.72. The number of hydrogen-bond donors (Lipinski definition) is 3. The van der Waals surface area contributed by atoms with Gasteiger partial charge in [0, 0.05) is 23.2 Å². The summed E-state index contributed by atoms with van der Waals surface area (Å²) in [6.07, 6.45) is 0. The molecule has 0 spiro atoms. The Bertz CT molecular complexity index is 1250. The quantitative estimate of drug-likeness (QED) is 0.236. The van der Waals surface area contributed by atoms with Crippen molar-refractivity contribution in [3.63, 3.8) is 0 Å². The number of phenolic OH excluding ortho intramolecular Hbond substituents is 1. The zero-order chi connectivity index (χ0) is 20.6. The molecule has 3 N–H and O–H groups in total. The Morgan fingerprint density at radius 3 is 2.45 bits per heavy atom. The van der Waals surface area contributed by atoms with Crippen molar-refractivity contribution < 1.29 is 58.8 Å². The van der Waals surface area contributed by atoms with E-state index in [9.17, 15) is 28.4 Å². The minimum Gasteiger partial charge on any atom is -1.00 e. The molecule has 3 aromatic rings. The van der Waals surface area contributed by atoms with Gasteiger partial charge in [0.15, 0.2) is 0 Å². The molecule has 0 bridgehead atoms. The fraction of sp³-hybridized carbons (Fsp3) is 0.0556. The Labute approximate surface area is 189 Å². The molecule has 0 heterocycles. The number of anilines is 1. The van der Waals surface area contributed by atoms with E-state index < -0.39 is 31.6 Å². The van der Waals surface area contributed by atoms with Gasteiger partial charge >= 0.3 is 29.6 Å². The summed E-state index contributed by atoms with van der Waals surface area (Å²) in [5.74, 6) is -1.12. The third kappa shape index (κ3) is 4.92. The van der Waals surface area contributed by atoms with E-state index in [0.29, 0.717) is 10.9 Å². The number of aromatic hydroxyl groups is 1. The second-order valence-electron chi connectivity index (χ2n) is 6.09. The first-order valence-electron chi connectivity index (χ1n) is 7.87. The molecule has 0 aromatic heterocycles. The smallest absolute Gasteiger partial charge is 1.00 e. The summed E-state index contributed by atoms with van der Waals surface area (Å²) in [7, 11) is -4.49. The Morgan fingerprint density at radius 2 is 1.83 bits per heavy atom. The molecule has 1 amide bonds. The number of rotatable bonds is 4. The first-order valence-corrected chi connectivity index (χ1v) is 9.31. The number of phenols is 1. The largest absolute Gasteiger partial charge is 1.00 e. The molecule has 0 aliphatic rings. The number of fused-ring (bicyclic) bond motifs is 1. The van der Waals surface area contributed by atoms with Crippen molar-refractivity contribution >= 4 is 38.2 Å². The molecule has 3 rings (SSSR count). The zero-order valence-corrected chi connectivity index (χ0v) is 18.2. The van der Waals surface area contributed by atoms with Crippen LogP contribution in [0.25, 0.3) is 10.8 Å². The van der Waals surface area contributed by atoms with Crippen molar-refractivity contribution in [2.24, 2.45) is 0 Å². The van der Waals surface area contributed by atoms with Crippen LogP contribution in [-0.4, -0.2) is 28.9 Å². The van der Waals surface area contributed by atoms with Gasteiger partial charge in [-0.05, 0) is 42.1 Å². The SMILES string of the molecule is Cc1ccc(C(=O)Nc2ccc3cc(S(=O)(=O)O)cc(O)c3c2)c([N+](=O)[O-])c1.[H-].[Na+]. The van der Waals surface area contributed by atoms with E-state index in [4.69, 9.17) is 4.55 Å². The van der Waals surface area contributed by atoms with Crippen molar-refractivity contribution in [2.45, 2.75) is 11.8 Å². The third-order valence-corrected chi connectivity index (χ3v) is 4.89. The molecule has 29 heavy (non-hydrogen) atoms. The van der Waals surface area contributed by atoms with E-state index in [2.05, 4.69) is 5.32 Å². The fourth-order valence-corrected chi connectivity index (χ4v) is 3.26. The second kappa shape index (κ2) is 8.47. The van der Waals surface area contributed by atoms with E-state index in [0.717, 1.165) is 6.07 Å². The van der Waals surface area contributed by atoms with Gasteiger partial charge in [0.25, 0.3) is 21.7 Å². The van der Waals surface area contributed by atoms with Gasteiger partial charge < -0.3 is 11.8 Å². The molecule has 3 aromatic carbocycles. The predicted molar refractivity (Wildman–Crippen MR) is 102 cm³/mol. The third-order valence-electron chi connectivity index (χ3n) is 4.06. The number of nitrogens with one attached hydrogen (secondary N) is 1. The monoisotopic (exact) mass is 426 g/mol. The van der Waals surface area contributed by atoms with Gasteiger partial charge in [-0.1, -0.05) is 12.1 Å². The number of aryl methyl sites for hydroxylation is 1. The maximum atomic E-state index is 12.5. The van der Waals surface area contributed by atoms with Crippen molar-refractivity contribution in [2.75, 3.05) is 5.32 Å².